The van der Waals surface area contributed by atoms with Gasteiger partial charge in [0.05, 0.1) is 19.5 Å². The van der Waals surface area contributed by atoms with Crippen LogP contribution in [0.3, 0.4) is 0 Å². The normalized spacial score (nSPS) is 10.4. The number of carbonyl (C=O) groups excluding carboxylic acids is 1. The minimum Gasteiger partial charge on any atom is -0.496 e. The Labute approximate surface area is 165 Å². The maximum Gasteiger partial charge on any atom is 0.275 e. The van der Waals surface area contributed by atoms with Crippen LogP contribution in [0, 0.1) is 13.8 Å². The number of para-hydroxylation sites is 1. The molecule has 0 fully saturated rings. The molecule has 0 radical (unpaired) electrons. The first-order chi connectivity index (χ1) is 13.5. The Balaban J connectivity index is 1.56. The van der Waals surface area contributed by atoms with E-state index in [1.54, 1.807) is 13.3 Å². The summed E-state index contributed by atoms with van der Waals surface area (Å²) in [5.41, 5.74) is 4.33. The lowest BCUT2D eigenvalue weighted by atomic mass is 10.1. The Bertz CT molecular complexity index is 935. The molecule has 0 saturated heterocycles. The summed E-state index contributed by atoms with van der Waals surface area (Å²) < 4.78 is 5.35. The van der Waals surface area contributed by atoms with Gasteiger partial charge in [0.15, 0.2) is 0 Å². The fourth-order valence-corrected chi connectivity index (χ4v) is 3.01. The van der Waals surface area contributed by atoms with Crippen LogP contribution in [0.25, 0.3) is 0 Å². The van der Waals surface area contributed by atoms with Crippen LogP contribution in [0.15, 0.2) is 54.9 Å². The lowest BCUT2D eigenvalue weighted by Crippen LogP contribution is -2.15. The summed E-state index contributed by atoms with van der Waals surface area (Å²) in [4.78, 5) is 20.9. The molecular formula is C22H24N4O2. The first kappa shape index (κ1) is 19.4. The first-order valence-electron chi connectivity index (χ1n) is 9.12. The summed E-state index contributed by atoms with van der Waals surface area (Å²) in [6, 6.07) is 13.8. The lowest BCUT2D eigenvalue weighted by molar-refractivity contribution is 0.102. The molecule has 0 saturated carbocycles. The summed E-state index contributed by atoms with van der Waals surface area (Å²) in [5.74, 6) is 1.21. The number of hydrogen-bond donors (Lipinski definition) is 2. The van der Waals surface area contributed by atoms with Crippen molar-refractivity contribution in [1.82, 2.24) is 9.97 Å². The fourth-order valence-electron chi connectivity index (χ4n) is 3.01. The summed E-state index contributed by atoms with van der Waals surface area (Å²) in [6.07, 6.45) is 3.84. The van der Waals surface area contributed by atoms with Gasteiger partial charge >= 0.3 is 0 Å². The predicted molar refractivity (Wildman–Crippen MR) is 111 cm³/mol. The third-order valence-corrected chi connectivity index (χ3v) is 4.26. The van der Waals surface area contributed by atoms with Gasteiger partial charge in [0.2, 0.25) is 0 Å². The Morgan fingerprint density at radius 2 is 1.79 bits per heavy atom. The summed E-state index contributed by atoms with van der Waals surface area (Å²) in [7, 11) is 1.67. The molecule has 3 rings (SSSR count). The first-order valence-corrected chi connectivity index (χ1v) is 9.12. The average Bonchev–Trinajstić information content (AvgIpc) is 2.68. The number of benzene rings is 2. The van der Waals surface area contributed by atoms with E-state index in [0.717, 1.165) is 34.5 Å². The number of nitrogens with one attached hydrogen (secondary N) is 2. The average molecular weight is 376 g/mol. The third kappa shape index (κ3) is 5.07. The minimum atomic E-state index is -0.280. The molecule has 2 aromatic carbocycles. The number of rotatable bonds is 7. The lowest BCUT2D eigenvalue weighted by Gasteiger charge is -2.10. The van der Waals surface area contributed by atoms with Gasteiger partial charge in [-0.3, -0.25) is 4.79 Å². The Kier molecular flexibility index (Phi) is 6.22. The molecule has 0 aliphatic heterocycles. The van der Waals surface area contributed by atoms with Crippen LogP contribution in [-0.4, -0.2) is 29.5 Å². The van der Waals surface area contributed by atoms with Crippen LogP contribution in [0.4, 0.5) is 11.5 Å². The number of anilines is 2. The molecule has 3 aromatic rings. The van der Waals surface area contributed by atoms with Crippen molar-refractivity contribution in [2.75, 3.05) is 24.3 Å². The number of ether oxygens (including phenoxy) is 1. The Morgan fingerprint density at radius 1 is 1.04 bits per heavy atom. The maximum absolute atomic E-state index is 12.4. The van der Waals surface area contributed by atoms with Crippen molar-refractivity contribution in [3.8, 4) is 5.75 Å². The van der Waals surface area contributed by atoms with E-state index in [2.05, 4.69) is 26.7 Å². The van der Waals surface area contributed by atoms with Crippen molar-refractivity contribution < 1.29 is 9.53 Å². The number of methoxy groups -OCH3 is 1. The molecule has 1 aromatic heterocycles. The highest BCUT2D eigenvalue weighted by atomic mass is 16.5. The van der Waals surface area contributed by atoms with Crippen LogP contribution < -0.4 is 15.4 Å². The van der Waals surface area contributed by atoms with Crippen molar-refractivity contribution in [1.29, 1.82) is 0 Å². The molecule has 1 heterocycles. The zero-order valence-corrected chi connectivity index (χ0v) is 16.3. The summed E-state index contributed by atoms with van der Waals surface area (Å²) in [6.45, 7) is 4.67. The molecule has 0 unspecified atom stereocenters. The van der Waals surface area contributed by atoms with Gasteiger partial charge in [-0.15, -0.1) is 0 Å². The maximum atomic E-state index is 12.4. The Morgan fingerprint density at radius 3 is 2.46 bits per heavy atom. The van der Waals surface area contributed by atoms with Gasteiger partial charge in [0, 0.05) is 12.2 Å². The van der Waals surface area contributed by atoms with E-state index in [1.165, 1.54) is 6.20 Å². The number of hydrogen-bond acceptors (Lipinski definition) is 5. The molecular weight excluding hydrogens is 352 g/mol. The molecule has 0 spiro atoms. The molecule has 6 heteroatoms. The molecule has 0 bridgehead atoms. The standard InChI is InChI=1S/C22H24N4O2/c1-15-10-16(2)12-18(11-15)26-22(27)19-13-25-21(14-24-19)23-9-8-17-6-4-5-7-20(17)28-3/h4-7,10-14H,8-9H2,1-3H3,(H,23,25)(H,26,27). The molecule has 0 aliphatic carbocycles. The topological polar surface area (TPSA) is 76.1 Å². The van der Waals surface area contributed by atoms with Gasteiger partial charge in [-0.05, 0) is 55.2 Å². The fraction of sp³-hybridized carbons (Fsp3) is 0.227. The largest absolute Gasteiger partial charge is 0.496 e. The zero-order chi connectivity index (χ0) is 19.9. The van der Waals surface area contributed by atoms with Gasteiger partial charge < -0.3 is 15.4 Å². The molecule has 28 heavy (non-hydrogen) atoms. The molecule has 0 atom stereocenters. The van der Waals surface area contributed by atoms with Crippen LogP contribution in [0.2, 0.25) is 0 Å². The summed E-state index contributed by atoms with van der Waals surface area (Å²) >= 11 is 0. The molecule has 0 aliphatic rings. The molecule has 6 nitrogen and oxygen atoms in total. The minimum absolute atomic E-state index is 0.273. The van der Waals surface area contributed by atoms with Crippen LogP contribution in [-0.2, 0) is 6.42 Å². The van der Waals surface area contributed by atoms with E-state index >= 15 is 0 Å². The number of aromatic nitrogens is 2. The van der Waals surface area contributed by atoms with E-state index in [1.807, 2.05) is 50.2 Å². The predicted octanol–water partition coefficient (Wildman–Crippen LogP) is 4.01. The third-order valence-electron chi connectivity index (χ3n) is 4.26. The van der Waals surface area contributed by atoms with Crippen molar-refractivity contribution in [3.63, 3.8) is 0 Å². The van der Waals surface area contributed by atoms with Gasteiger partial charge in [-0.1, -0.05) is 24.3 Å². The molecule has 144 valence electrons. The van der Waals surface area contributed by atoms with Crippen molar-refractivity contribution in [2.45, 2.75) is 20.3 Å². The van der Waals surface area contributed by atoms with Crippen molar-refractivity contribution in [3.05, 3.63) is 77.2 Å². The van der Waals surface area contributed by atoms with Gasteiger partial charge in [0.1, 0.15) is 17.3 Å². The van der Waals surface area contributed by atoms with E-state index < -0.39 is 0 Å². The van der Waals surface area contributed by atoms with Crippen LogP contribution in [0.5, 0.6) is 5.75 Å². The highest BCUT2D eigenvalue weighted by Gasteiger charge is 2.09. The van der Waals surface area contributed by atoms with E-state index in [9.17, 15) is 4.79 Å². The SMILES string of the molecule is COc1ccccc1CCNc1cnc(C(=O)Nc2cc(C)cc(C)c2)cn1. The zero-order valence-electron chi connectivity index (χ0n) is 16.3. The highest BCUT2D eigenvalue weighted by Crippen LogP contribution is 2.18. The van der Waals surface area contributed by atoms with Crippen molar-refractivity contribution in [2.24, 2.45) is 0 Å². The van der Waals surface area contributed by atoms with Gasteiger partial charge in [-0.2, -0.15) is 0 Å². The number of amides is 1. The second kappa shape index (κ2) is 8.99. The quantitative estimate of drug-likeness (QED) is 0.652. The Hall–Kier alpha value is -3.41. The summed E-state index contributed by atoms with van der Waals surface area (Å²) in [5, 5.41) is 6.08. The molecule has 1 amide bonds. The number of nitrogens with zero attached hydrogens (tertiary/aromatic N) is 2. The number of aryl methyl sites for hydroxylation is 2. The second-order valence-electron chi connectivity index (χ2n) is 6.61. The number of carbonyl (C=O) groups is 1. The van der Waals surface area contributed by atoms with E-state index in [4.69, 9.17) is 4.74 Å². The van der Waals surface area contributed by atoms with E-state index in [-0.39, 0.29) is 11.6 Å². The smallest absolute Gasteiger partial charge is 0.275 e. The van der Waals surface area contributed by atoms with Gasteiger partial charge in [0.25, 0.3) is 5.91 Å². The van der Waals surface area contributed by atoms with Crippen molar-refractivity contribution >= 4 is 17.4 Å². The molecule has 2 N–H and O–H groups in total. The second-order valence-corrected chi connectivity index (χ2v) is 6.61. The van der Waals surface area contributed by atoms with E-state index in [0.29, 0.717) is 12.4 Å². The monoisotopic (exact) mass is 376 g/mol. The highest BCUT2D eigenvalue weighted by molar-refractivity contribution is 6.02. The van der Waals surface area contributed by atoms with Crippen LogP contribution >= 0.6 is 0 Å². The van der Waals surface area contributed by atoms with Gasteiger partial charge in [-0.25, -0.2) is 9.97 Å². The van der Waals surface area contributed by atoms with Crippen LogP contribution in [0.1, 0.15) is 27.2 Å².